The lowest BCUT2D eigenvalue weighted by Gasteiger charge is -2.19. The van der Waals surface area contributed by atoms with Crippen LogP contribution in [0.5, 0.6) is 11.5 Å². The highest BCUT2D eigenvalue weighted by molar-refractivity contribution is 5.46. The van der Waals surface area contributed by atoms with Gasteiger partial charge >= 0.3 is 0 Å². The molecular weight excluding hydrogens is 202 g/mol. The van der Waals surface area contributed by atoms with Crippen LogP contribution >= 0.6 is 0 Å². The lowest BCUT2D eigenvalue weighted by molar-refractivity contribution is 0.191. The largest absolute Gasteiger partial charge is 0.508 e. The second-order valence-electron chi connectivity index (χ2n) is 4.38. The van der Waals surface area contributed by atoms with Crippen molar-refractivity contribution in [3.8, 4) is 11.5 Å². The lowest BCUT2D eigenvalue weighted by Crippen LogP contribution is -2.28. The first kappa shape index (κ1) is 12.8. The van der Waals surface area contributed by atoms with E-state index in [0.29, 0.717) is 11.7 Å². The third-order valence-electron chi connectivity index (χ3n) is 2.66. The van der Waals surface area contributed by atoms with Gasteiger partial charge in [-0.05, 0) is 44.5 Å². The molecule has 0 aliphatic carbocycles. The van der Waals surface area contributed by atoms with E-state index in [1.807, 2.05) is 27.0 Å². The molecule has 3 nitrogen and oxygen atoms in total. The summed E-state index contributed by atoms with van der Waals surface area (Å²) in [6.45, 7) is 7.99. The van der Waals surface area contributed by atoms with Gasteiger partial charge in [0.1, 0.15) is 17.7 Å². The van der Waals surface area contributed by atoms with Gasteiger partial charge in [-0.15, -0.1) is 0 Å². The fourth-order valence-corrected chi connectivity index (χ4v) is 1.49. The molecule has 1 unspecified atom stereocenters. The van der Waals surface area contributed by atoms with Gasteiger partial charge in [-0.3, -0.25) is 5.32 Å². The highest BCUT2D eigenvalue weighted by Gasteiger charge is 2.13. The highest BCUT2D eigenvalue weighted by atomic mass is 16.5. The maximum atomic E-state index is 9.69. The third kappa shape index (κ3) is 2.89. The molecule has 0 radical (unpaired) electrons. The van der Waals surface area contributed by atoms with E-state index < -0.39 is 0 Å². The van der Waals surface area contributed by atoms with Gasteiger partial charge in [0.25, 0.3) is 0 Å². The predicted molar refractivity (Wildman–Crippen MR) is 66.1 cm³/mol. The Hall–Kier alpha value is -1.22. The van der Waals surface area contributed by atoms with Gasteiger partial charge in [0.05, 0.1) is 0 Å². The van der Waals surface area contributed by atoms with Crippen molar-refractivity contribution >= 4 is 0 Å². The summed E-state index contributed by atoms with van der Waals surface area (Å²) in [5.41, 5.74) is 1.87. The summed E-state index contributed by atoms with van der Waals surface area (Å²) in [5, 5.41) is 12.7. The Morgan fingerprint density at radius 2 is 1.88 bits per heavy atom. The molecule has 1 aromatic carbocycles. The fourth-order valence-electron chi connectivity index (χ4n) is 1.49. The molecule has 1 aromatic rings. The van der Waals surface area contributed by atoms with Gasteiger partial charge in [0.2, 0.25) is 0 Å². The van der Waals surface area contributed by atoms with Gasteiger partial charge in [0.15, 0.2) is 0 Å². The fraction of sp³-hybridized carbons (Fsp3) is 0.538. The Balaban J connectivity index is 3.09. The minimum atomic E-state index is -0.0403. The monoisotopic (exact) mass is 223 g/mol. The Morgan fingerprint density at radius 1 is 1.25 bits per heavy atom. The molecule has 1 rings (SSSR count). The van der Waals surface area contributed by atoms with E-state index in [0.717, 1.165) is 16.9 Å². The molecule has 16 heavy (non-hydrogen) atoms. The van der Waals surface area contributed by atoms with E-state index in [2.05, 4.69) is 19.2 Å². The van der Waals surface area contributed by atoms with Crippen molar-refractivity contribution in [1.82, 2.24) is 5.32 Å². The maximum absolute atomic E-state index is 9.69. The maximum Gasteiger partial charge on any atom is 0.147 e. The Kier molecular flexibility index (Phi) is 4.19. The predicted octanol–water partition coefficient (Wildman–Crippen LogP) is 2.77. The summed E-state index contributed by atoms with van der Waals surface area (Å²) in [5.74, 6) is 1.49. The normalized spacial score (nSPS) is 12.9. The molecule has 0 aliphatic rings. The van der Waals surface area contributed by atoms with Crippen molar-refractivity contribution in [1.29, 1.82) is 0 Å². The van der Waals surface area contributed by atoms with E-state index in [1.54, 1.807) is 6.07 Å². The van der Waals surface area contributed by atoms with Crippen LogP contribution in [0.3, 0.4) is 0 Å². The van der Waals surface area contributed by atoms with Crippen molar-refractivity contribution in [3.05, 3.63) is 23.3 Å². The van der Waals surface area contributed by atoms with E-state index in [9.17, 15) is 5.11 Å². The standard InChI is InChI=1S/C13H21NO2/c1-8(2)11-7-12(15)9(3)6-13(11)16-10(4)14-5/h6-8,10,14-15H,1-5H3. The van der Waals surface area contributed by atoms with Crippen LogP contribution in [0.25, 0.3) is 0 Å². The number of benzene rings is 1. The topological polar surface area (TPSA) is 41.5 Å². The molecule has 1 atom stereocenters. The zero-order chi connectivity index (χ0) is 12.3. The van der Waals surface area contributed by atoms with Crippen molar-refractivity contribution in [2.75, 3.05) is 7.05 Å². The summed E-state index contributed by atoms with van der Waals surface area (Å²) in [7, 11) is 1.85. The number of aromatic hydroxyl groups is 1. The molecule has 0 aliphatic heterocycles. The van der Waals surface area contributed by atoms with E-state index >= 15 is 0 Å². The smallest absolute Gasteiger partial charge is 0.147 e. The third-order valence-corrected chi connectivity index (χ3v) is 2.66. The number of phenolic OH excluding ortho intramolecular Hbond substituents is 1. The average Bonchev–Trinajstić information content (AvgIpc) is 2.22. The number of nitrogens with one attached hydrogen (secondary N) is 1. The minimum absolute atomic E-state index is 0.0403. The minimum Gasteiger partial charge on any atom is -0.508 e. The molecule has 2 N–H and O–H groups in total. The van der Waals surface area contributed by atoms with Crippen molar-refractivity contribution in [2.45, 2.75) is 39.8 Å². The number of aryl methyl sites for hydroxylation is 1. The molecule has 0 saturated carbocycles. The molecular formula is C13H21NO2. The quantitative estimate of drug-likeness (QED) is 0.771. The van der Waals surface area contributed by atoms with Crippen molar-refractivity contribution < 1.29 is 9.84 Å². The van der Waals surface area contributed by atoms with E-state index in [1.165, 1.54) is 0 Å². The highest BCUT2D eigenvalue weighted by Crippen LogP contribution is 2.33. The summed E-state index contributed by atoms with van der Waals surface area (Å²) in [6, 6.07) is 3.68. The van der Waals surface area contributed by atoms with Gasteiger partial charge in [-0.25, -0.2) is 0 Å². The molecule has 3 heteroatoms. The number of hydrogen-bond acceptors (Lipinski definition) is 3. The molecule has 0 saturated heterocycles. The van der Waals surface area contributed by atoms with Crippen LogP contribution in [0, 0.1) is 6.92 Å². The first-order valence-corrected chi connectivity index (χ1v) is 5.63. The van der Waals surface area contributed by atoms with Crippen LogP contribution in [-0.4, -0.2) is 18.4 Å². The van der Waals surface area contributed by atoms with Crippen LogP contribution in [0.15, 0.2) is 12.1 Å². The number of rotatable bonds is 4. The van der Waals surface area contributed by atoms with Crippen LogP contribution < -0.4 is 10.1 Å². The molecule has 0 heterocycles. The number of phenols is 1. The van der Waals surface area contributed by atoms with E-state index in [4.69, 9.17) is 4.74 Å². The molecule has 90 valence electrons. The molecule has 0 aromatic heterocycles. The van der Waals surface area contributed by atoms with E-state index in [-0.39, 0.29) is 6.23 Å². The van der Waals surface area contributed by atoms with Gasteiger partial charge in [-0.1, -0.05) is 13.8 Å². The first-order chi connectivity index (χ1) is 7.45. The summed E-state index contributed by atoms with van der Waals surface area (Å²) in [6.07, 6.45) is -0.0403. The first-order valence-electron chi connectivity index (χ1n) is 5.63. The molecule has 0 bridgehead atoms. The second-order valence-corrected chi connectivity index (χ2v) is 4.38. The summed E-state index contributed by atoms with van der Waals surface area (Å²) in [4.78, 5) is 0. The lowest BCUT2D eigenvalue weighted by atomic mass is 10.00. The van der Waals surface area contributed by atoms with Crippen molar-refractivity contribution in [2.24, 2.45) is 0 Å². The van der Waals surface area contributed by atoms with Gasteiger partial charge in [-0.2, -0.15) is 0 Å². The summed E-state index contributed by atoms with van der Waals surface area (Å²) < 4.78 is 5.77. The van der Waals surface area contributed by atoms with Gasteiger partial charge in [0, 0.05) is 5.56 Å². The molecule has 0 amide bonds. The number of hydrogen-bond donors (Lipinski definition) is 2. The van der Waals surface area contributed by atoms with Crippen LogP contribution in [0.1, 0.15) is 37.8 Å². The zero-order valence-corrected chi connectivity index (χ0v) is 10.7. The summed E-state index contributed by atoms with van der Waals surface area (Å²) >= 11 is 0. The molecule has 0 spiro atoms. The van der Waals surface area contributed by atoms with Crippen LogP contribution in [0.4, 0.5) is 0 Å². The molecule has 0 fully saturated rings. The average molecular weight is 223 g/mol. The Labute approximate surface area is 97.4 Å². The Bertz CT molecular complexity index is 361. The van der Waals surface area contributed by atoms with Crippen LogP contribution in [0.2, 0.25) is 0 Å². The van der Waals surface area contributed by atoms with Crippen LogP contribution in [-0.2, 0) is 0 Å². The second kappa shape index (κ2) is 5.21. The van der Waals surface area contributed by atoms with Crippen molar-refractivity contribution in [3.63, 3.8) is 0 Å². The number of ether oxygens (including phenoxy) is 1. The SMILES string of the molecule is CNC(C)Oc1cc(C)c(O)cc1C(C)C. The zero-order valence-electron chi connectivity index (χ0n) is 10.7. The Morgan fingerprint density at radius 3 is 2.38 bits per heavy atom. The van der Waals surface area contributed by atoms with Gasteiger partial charge < -0.3 is 9.84 Å².